The number of likely N-dealkylation sites (tertiary alicyclic amines) is 1. The topological polar surface area (TPSA) is 41.3 Å². The Morgan fingerprint density at radius 1 is 1.50 bits per heavy atom. The summed E-state index contributed by atoms with van der Waals surface area (Å²) in [6.07, 6.45) is 1.24. The number of piperidine rings is 1. The Balaban J connectivity index is 2.31. The Kier molecular flexibility index (Phi) is 3.93. The molecule has 1 aliphatic rings. The number of rotatable bonds is 3. The number of hydrogen-bond acceptors (Lipinski definition) is 3. The maximum absolute atomic E-state index is 5.95. The maximum Gasteiger partial charge on any atom is 0.0223 e. The minimum Gasteiger partial charge on any atom is -0.324 e. The zero-order valence-corrected chi connectivity index (χ0v) is 10.0. The highest BCUT2D eigenvalue weighted by molar-refractivity contribution is 4.85. The summed E-state index contributed by atoms with van der Waals surface area (Å²) in [6.45, 7) is 9.76. The summed E-state index contributed by atoms with van der Waals surface area (Å²) in [5.74, 6) is 0.732. The molecule has 1 heterocycles. The normalized spacial score (nSPS) is 30.6. The van der Waals surface area contributed by atoms with E-state index in [1.54, 1.807) is 0 Å². The van der Waals surface area contributed by atoms with Gasteiger partial charge in [-0.1, -0.05) is 6.92 Å². The molecular weight excluding hydrogens is 174 g/mol. The highest BCUT2D eigenvalue weighted by Gasteiger charge is 2.24. The van der Waals surface area contributed by atoms with Gasteiger partial charge in [0.2, 0.25) is 0 Å². The summed E-state index contributed by atoms with van der Waals surface area (Å²) in [6, 6.07) is 0.647. The number of nitrogens with one attached hydrogen (secondary N) is 1. The van der Waals surface area contributed by atoms with Gasteiger partial charge in [0.15, 0.2) is 0 Å². The molecule has 0 saturated carbocycles. The molecule has 0 aromatic rings. The van der Waals surface area contributed by atoms with Crippen molar-refractivity contribution in [2.24, 2.45) is 11.7 Å². The Labute approximate surface area is 88.0 Å². The van der Waals surface area contributed by atoms with Crippen molar-refractivity contribution in [3.8, 4) is 0 Å². The van der Waals surface area contributed by atoms with Crippen molar-refractivity contribution in [1.82, 2.24) is 10.2 Å². The second kappa shape index (κ2) is 4.60. The van der Waals surface area contributed by atoms with Crippen LogP contribution in [0.1, 0.15) is 27.2 Å². The third kappa shape index (κ3) is 3.95. The molecule has 0 amide bonds. The fourth-order valence-electron chi connectivity index (χ4n) is 2.05. The van der Waals surface area contributed by atoms with Gasteiger partial charge in [0.05, 0.1) is 0 Å². The Hall–Kier alpha value is -0.120. The van der Waals surface area contributed by atoms with Crippen LogP contribution in [0.2, 0.25) is 0 Å². The van der Waals surface area contributed by atoms with E-state index in [0.717, 1.165) is 12.5 Å². The van der Waals surface area contributed by atoms with Gasteiger partial charge in [0, 0.05) is 24.7 Å². The van der Waals surface area contributed by atoms with Gasteiger partial charge in [-0.25, -0.2) is 0 Å². The van der Waals surface area contributed by atoms with E-state index in [0.29, 0.717) is 6.04 Å². The van der Waals surface area contributed by atoms with Crippen LogP contribution in [0.15, 0.2) is 0 Å². The molecule has 0 spiro atoms. The van der Waals surface area contributed by atoms with E-state index < -0.39 is 0 Å². The van der Waals surface area contributed by atoms with E-state index in [4.69, 9.17) is 5.73 Å². The van der Waals surface area contributed by atoms with Crippen molar-refractivity contribution < 1.29 is 0 Å². The average Bonchev–Trinajstić information content (AvgIpc) is 2.00. The molecule has 14 heavy (non-hydrogen) atoms. The number of nitrogens with zero attached hydrogens (tertiary/aromatic N) is 1. The minimum absolute atomic E-state index is 0.0942. The van der Waals surface area contributed by atoms with Crippen molar-refractivity contribution >= 4 is 0 Å². The summed E-state index contributed by atoms with van der Waals surface area (Å²) in [5, 5.41) is 3.58. The largest absolute Gasteiger partial charge is 0.324 e. The second-order valence-electron chi connectivity index (χ2n) is 5.50. The quantitative estimate of drug-likeness (QED) is 0.701. The summed E-state index contributed by atoms with van der Waals surface area (Å²) >= 11 is 0. The molecule has 0 aromatic heterocycles. The Morgan fingerprint density at radius 2 is 2.14 bits per heavy atom. The first-order valence-electron chi connectivity index (χ1n) is 5.59. The molecule has 3 N–H and O–H groups in total. The monoisotopic (exact) mass is 199 g/mol. The smallest absolute Gasteiger partial charge is 0.0223 e. The SMILES string of the molecule is CC1CN(C)CCC1NCC(C)(C)N. The third-order valence-electron chi connectivity index (χ3n) is 2.93. The molecule has 0 aromatic carbocycles. The van der Waals surface area contributed by atoms with E-state index in [2.05, 4.69) is 38.0 Å². The first-order valence-corrected chi connectivity index (χ1v) is 5.59. The van der Waals surface area contributed by atoms with Crippen molar-refractivity contribution in [2.45, 2.75) is 38.8 Å². The van der Waals surface area contributed by atoms with Gasteiger partial charge in [0.25, 0.3) is 0 Å². The Bertz CT molecular complexity index is 174. The van der Waals surface area contributed by atoms with Gasteiger partial charge in [-0.15, -0.1) is 0 Å². The molecule has 3 nitrogen and oxygen atoms in total. The van der Waals surface area contributed by atoms with Gasteiger partial charge in [-0.2, -0.15) is 0 Å². The van der Waals surface area contributed by atoms with Gasteiger partial charge in [0.1, 0.15) is 0 Å². The number of nitrogens with two attached hydrogens (primary N) is 1. The molecule has 1 fully saturated rings. The van der Waals surface area contributed by atoms with Crippen molar-refractivity contribution in [1.29, 1.82) is 0 Å². The fraction of sp³-hybridized carbons (Fsp3) is 1.00. The molecule has 1 saturated heterocycles. The highest BCUT2D eigenvalue weighted by atomic mass is 15.1. The summed E-state index contributed by atoms with van der Waals surface area (Å²) in [4.78, 5) is 2.40. The third-order valence-corrected chi connectivity index (χ3v) is 2.93. The van der Waals surface area contributed by atoms with Crippen LogP contribution >= 0.6 is 0 Å². The highest BCUT2D eigenvalue weighted by Crippen LogP contribution is 2.15. The predicted octanol–water partition coefficient (Wildman–Crippen LogP) is 0.654. The maximum atomic E-state index is 5.95. The molecule has 2 atom stereocenters. The molecular formula is C11H25N3. The lowest BCUT2D eigenvalue weighted by molar-refractivity contribution is 0.171. The van der Waals surface area contributed by atoms with Gasteiger partial charge >= 0.3 is 0 Å². The first kappa shape index (κ1) is 12.0. The first-order chi connectivity index (χ1) is 6.38. The van der Waals surface area contributed by atoms with Crippen LogP contribution < -0.4 is 11.1 Å². The van der Waals surface area contributed by atoms with Crippen LogP contribution in [-0.4, -0.2) is 43.2 Å². The lowest BCUT2D eigenvalue weighted by Gasteiger charge is -2.36. The van der Waals surface area contributed by atoms with Crippen molar-refractivity contribution in [3.05, 3.63) is 0 Å². The Morgan fingerprint density at radius 3 is 2.64 bits per heavy atom. The van der Waals surface area contributed by atoms with E-state index in [-0.39, 0.29) is 5.54 Å². The molecule has 84 valence electrons. The predicted molar refractivity (Wildman–Crippen MR) is 61.3 cm³/mol. The van der Waals surface area contributed by atoms with E-state index in [1.165, 1.54) is 19.5 Å². The average molecular weight is 199 g/mol. The molecule has 1 aliphatic heterocycles. The summed E-state index contributed by atoms with van der Waals surface area (Å²) < 4.78 is 0. The van der Waals surface area contributed by atoms with Crippen LogP contribution in [-0.2, 0) is 0 Å². The fourth-order valence-corrected chi connectivity index (χ4v) is 2.05. The van der Waals surface area contributed by atoms with E-state index in [1.807, 2.05) is 0 Å². The van der Waals surface area contributed by atoms with Crippen LogP contribution in [0.25, 0.3) is 0 Å². The van der Waals surface area contributed by atoms with Crippen LogP contribution in [0.3, 0.4) is 0 Å². The van der Waals surface area contributed by atoms with Crippen LogP contribution in [0.4, 0.5) is 0 Å². The molecule has 1 rings (SSSR count). The lowest BCUT2D eigenvalue weighted by Crippen LogP contribution is -2.52. The van der Waals surface area contributed by atoms with Crippen LogP contribution in [0, 0.1) is 5.92 Å². The molecule has 3 heteroatoms. The van der Waals surface area contributed by atoms with Crippen LogP contribution in [0.5, 0.6) is 0 Å². The summed E-state index contributed by atoms with van der Waals surface area (Å²) in [7, 11) is 2.19. The van der Waals surface area contributed by atoms with E-state index >= 15 is 0 Å². The molecule has 0 aliphatic carbocycles. The van der Waals surface area contributed by atoms with E-state index in [9.17, 15) is 0 Å². The zero-order chi connectivity index (χ0) is 10.8. The molecule has 0 bridgehead atoms. The van der Waals surface area contributed by atoms with Gasteiger partial charge in [-0.05, 0) is 39.8 Å². The number of hydrogen-bond donors (Lipinski definition) is 2. The van der Waals surface area contributed by atoms with Crippen molar-refractivity contribution in [2.75, 3.05) is 26.7 Å². The second-order valence-corrected chi connectivity index (χ2v) is 5.50. The molecule has 0 radical (unpaired) electrons. The molecule has 2 unspecified atom stereocenters. The summed E-state index contributed by atoms with van der Waals surface area (Å²) in [5.41, 5.74) is 5.86. The zero-order valence-electron chi connectivity index (χ0n) is 10.0. The standard InChI is InChI=1S/C11H25N3/c1-9-7-14(4)6-5-10(9)13-8-11(2,3)12/h9-10,13H,5-8,12H2,1-4H3. The van der Waals surface area contributed by atoms with Gasteiger partial charge < -0.3 is 16.0 Å². The minimum atomic E-state index is -0.0942. The lowest BCUT2D eigenvalue weighted by atomic mass is 9.93. The van der Waals surface area contributed by atoms with Gasteiger partial charge in [-0.3, -0.25) is 0 Å². The van der Waals surface area contributed by atoms with Crippen molar-refractivity contribution in [3.63, 3.8) is 0 Å².